The number of carbonyl (C=O) groups excluding carboxylic acids is 2. The van der Waals surface area contributed by atoms with Gasteiger partial charge in [-0.2, -0.15) is 0 Å². The van der Waals surface area contributed by atoms with Gasteiger partial charge < -0.3 is 25.2 Å². The average Bonchev–Trinajstić information content (AvgIpc) is 3.64. The second-order valence-corrected chi connectivity index (χ2v) is 10.5. The Morgan fingerprint density at radius 2 is 1.95 bits per heavy atom. The van der Waals surface area contributed by atoms with E-state index in [1.54, 1.807) is 31.3 Å². The number of halogens is 1. The van der Waals surface area contributed by atoms with E-state index in [2.05, 4.69) is 20.6 Å². The van der Waals surface area contributed by atoms with Crippen LogP contribution in [0.5, 0.6) is 16.7 Å². The number of pyridine rings is 1. The maximum absolute atomic E-state index is 12.7. The minimum absolute atomic E-state index is 0.0586. The van der Waals surface area contributed by atoms with E-state index in [0.717, 1.165) is 4.88 Å². The number of hydrogen-bond donors (Lipinski definition) is 3. The topological polar surface area (TPSA) is 140 Å². The van der Waals surface area contributed by atoms with Gasteiger partial charge in [0, 0.05) is 30.1 Å². The lowest BCUT2D eigenvalue weighted by molar-refractivity contribution is -0.138. The monoisotopic (exact) mass is 570 g/mol. The van der Waals surface area contributed by atoms with Crippen molar-refractivity contribution in [3.8, 4) is 16.7 Å². The number of carbonyl (C=O) groups is 3. The number of amides is 2. The summed E-state index contributed by atoms with van der Waals surface area (Å²) in [7, 11) is 0. The molecule has 3 aromatic rings. The molecule has 204 valence electrons. The van der Waals surface area contributed by atoms with Crippen molar-refractivity contribution in [3.63, 3.8) is 0 Å². The number of carboxylic acid groups (broad SMARTS) is 1. The van der Waals surface area contributed by atoms with Gasteiger partial charge in [-0.1, -0.05) is 29.0 Å². The highest BCUT2D eigenvalue weighted by Gasteiger charge is 2.22. The molecular formula is C27H27ClN4O6S. The van der Waals surface area contributed by atoms with E-state index >= 15 is 0 Å². The quantitative estimate of drug-likeness (QED) is 0.282. The van der Waals surface area contributed by atoms with E-state index in [0.29, 0.717) is 34.2 Å². The standard InChI is InChI=1S/C27H27ClN4O6S/c1-15(31-24(33)18-9-10-29-22(11-18)25(34)32-16(2)26(35)36)3-7-20-13-30-27(39-20)38-23-8-6-19(12-21(23)28)37-14-17-4-5-17/h3,6-13,15-17H,4-5,14H2,1-2H3,(H,31,33)(H,32,34)(H,35,36)/t15-,16+/m0/s1. The summed E-state index contributed by atoms with van der Waals surface area (Å²) in [5, 5.41) is 14.9. The summed E-state index contributed by atoms with van der Waals surface area (Å²) in [4.78, 5) is 44.8. The summed E-state index contributed by atoms with van der Waals surface area (Å²) in [5.41, 5.74) is 0.157. The van der Waals surface area contributed by atoms with Gasteiger partial charge in [0.25, 0.3) is 17.0 Å². The number of thiazole rings is 1. The molecule has 0 spiro atoms. The Bertz CT molecular complexity index is 1390. The Hall–Kier alpha value is -3.96. The SMILES string of the molecule is C[C@@H](C=Cc1cnc(Oc2ccc(OCC3CC3)cc2Cl)s1)NC(=O)c1ccnc(C(=O)N[C@H](C)C(=O)O)c1. The minimum Gasteiger partial charge on any atom is -0.493 e. The van der Waals surface area contributed by atoms with Crippen molar-refractivity contribution in [2.24, 2.45) is 5.92 Å². The molecule has 39 heavy (non-hydrogen) atoms. The molecule has 0 unspecified atom stereocenters. The lowest BCUT2D eigenvalue weighted by atomic mass is 10.2. The molecule has 3 N–H and O–H groups in total. The second-order valence-electron chi connectivity index (χ2n) is 9.06. The molecule has 1 aromatic carbocycles. The number of aliphatic carboxylic acids is 1. The first-order chi connectivity index (χ1) is 18.7. The molecule has 1 aliphatic carbocycles. The van der Waals surface area contributed by atoms with Crippen LogP contribution in [0.2, 0.25) is 5.02 Å². The number of carboxylic acids is 1. The number of aromatic nitrogens is 2. The van der Waals surface area contributed by atoms with Gasteiger partial charge in [0.1, 0.15) is 23.2 Å². The van der Waals surface area contributed by atoms with E-state index in [1.165, 1.54) is 49.4 Å². The Morgan fingerprint density at radius 3 is 2.67 bits per heavy atom. The first-order valence-corrected chi connectivity index (χ1v) is 13.4. The lowest BCUT2D eigenvalue weighted by Crippen LogP contribution is -2.38. The van der Waals surface area contributed by atoms with Crippen LogP contribution in [0.25, 0.3) is 6.08 Å². The fraction of sp³-hybridized carbons (Fsp3) is 0.296. The highest BCUT2D eigenvalue weighted by molar-refractivity contribution is 7.14. The van der Waals surface area contributed by atoms with Gasteiger partial charge in [-0.25, -0.2) is 4.98 Å². The molecular weight excluding hydrogens is 544 g/mol. The molecule has 12 heteroatoms. The predicted molar refractivity (Wildman–Crippen MR) is 147 cm³/mol. The molecule has 0 aliphatic heterocycles. The number of nitrogens with one attached hydrogen (secondary N) is 2. The van der Waals surface area contributed by atoms with E-state index in [4.69, 9.17) is 26.2 Å². The normalized spacial score (nSPS) is 14.4. The van der Waals surface area contributed by atoms with Crippen molar-refractivity contribution in [3.05, 3.63) is 70.0 Å². The summed E-state index contributed by atoms with van der Waals surface area (Å²) >= 11 is 7.66. The van der Waals surface area contributed by atoms with Crippen LogP contribution in [-0.2, 0) is 4.79 Å². The molecule has 2 aromatic heterocycles. The van der Waals surface area contributed by atoms with Gasteiger partial charge in [0.2, 0.25) is 0 Å². The second kappa shape index (κ2) is 12.7. The van der Waals surface area contributed by atoms with Crippen molar-refractivity contribution in [1.29, 1.82) is 0 Å². The van der Waals surface area contributed by atoms with E-state index < -0.39 is 23.8 Å². The molecule has 10 nitrogen and oxygen atoms in total. The van der Waals surface area contributed by atoms with Crippen LogP contribution in [0.15, 0.2) is 48.8 Å². The Morgan fingerprint density at radius 1 is 1.15 bits per heavy atom. The number of benzene rings is 1. The van der Waals surface area contributed by atoms with Crippen molar-refractivity contribution >= 4 is 46.8 Å². The van der Waals surface area contributed by atoms with Crippen molar-refractivity contribution in [1.82, 2.24) is 20.6 Å². The van der Waals surface area contributed by atoms with Crippen LogP contribution >= 0.6 is 22.9 Å². The highest BCUT2D eigenvalue weighted by atomic mass is 35.5. The van der Waals surface area contributed by atoms with Crippen LogP contribution in [0.4, 0.5) is 0 Å². The molecule has 1 aliphatic rings. The smallest absolute Gasteiger partial charge is 0.325 e. The molecule has 0 radical (unpaired) electrons. The summed E-state index contributed by atoms with van der Waals surface area (Å²) in [6, 6.07) is 6.63. The van der Waals surface area contributed by atoms with Gasteiger partial charge in [0.15, 0.2) is 0 Å². The molecule has 2 heterocycles. The Labute approximate surface area is 234 Å². The van der Waals surface area contributed by atoms with E-state index in [-0.39, 0.29) is 17.3 Å². The summed E-state index contributed by atoms with van der Waals surface area (Å²) < 4.78 is 11.6. The third-order valence-electron chi connectivity index (χ3n) is 5.67. The maximum Gasteiger partial charge on any atom is 0.325 e. The summed E-state index contributed by atoms with van der Waals surface area (Å²) in [5.74, 6) is -0.447. The van der Waals surface area contributed by atoms with Gasteiger partial charge in [0.05, 0.1) is 16.5 Å². The van der Waals surface area contributed by atoms with Gasteiger partial charge in [-0.05, 0) is 62.9 Å². The van der Waals surface area contributed by atoms with Crippen LogP contribution in [0, 0.1) is 5.92 Å². The third kappa shape index (κ3) is 8.26. The van der Waals surface area contributed by atoms with Crippen LogP contribution in [0.3, 0.4) is 0 Å². The zero-order valence-electron chi connectivity index (χ0n) is 21.2. The zero-order valence-corrected chi connectivity index (χ0v) is 22.8. The number of hydrogen-bond acceptors (Lipinski definition) is 8. The first-order valence-electron chi connectivity index (χ1n) is 12.2. The lowest BCUT2D eigenvalue weighted by Gasteiger charge is -2.11. The molecule has 2 atom stereocenters. The number of ether oxygens (including phenoxy) is 2. The first kappa shape index (κ1) is 28.1. The molecule has 1 saturated carbocycles. The van der Waals surface area contributed by atoms with Crippen LogP contribution in [0.1, 0.15) is 52.4 Å². The number of rotatable bonds is 12. The maximum atomic E-state index is 12.7. The zero-order chi connectivity index (χ0) is 27.9. The van der Waals surface area contributed by atoms with Gasteiger partial charge >= 0.3 is 5.97 Å². The third-order valence-corrected chi connectivity index (χ3v) is 6.80. The van der Waals surface area contributed by atoms with Crippen LogP contribution in [-0.4, -0.2) is 51.5 Å². The molecule has 4 rings (SSSR count). The molecule has 0 bridgehead atoms. The Kier molecular flexibility index (Phi) is 9.15. The fourth-order valence-electron chi connectivity index (χ4n) is 3.25. The molecule has 1 fully saturated rings. The summed E-state index contributed by atoms with van der Waals surface area (Å²) in [6.07, 6.45) is 8.99. The van der Waals surface area contributed by atoms with Crippen molar-refractivity contribution in [2.75, 3.05) is 6.61 Å². The van der Waals surface area contributed by atoms with Gasteiger partial charge in [-0.3, -0.25) is 19.4 Å². The van der Waals surface area contributed by atoms with E-state index in [1.807, 2.05) is 12.1 Å². The van der Waals surface area contributed by atoms with Crippen molar-refractivity contribution < 1.29 is 29.0 Å². The highest BCUT2D eigenvalue weighted by Crippen LogP contribution is 2.35. The Balaban J connectivity index is 1.30. The van der Waals surface area contributed by atoms with Crippen molar-refractivity contribution in [2.45, 2.75) is 38.8 Å². The van der Waals surface area contributed by atoms with Crippen LogP contribution < -0.4 is 20.1 Å². The van der Waals surface area contributed by atoms with Gasteiger partial charge in [-0.15, -0.1) is 0 Å². The molecule has 2 amide bonds. The fourth-order valence-corrected chi connectivity index (χ4v) is 4.15. The average molecular weight is 571 g/mol. The molecule has 0 saturated heterocycles. The van der Waals surface area contributed by atoms with E-state index in [9.17, 15) is 14.4 Å². The largest absolute Gasteiger partial charge is 0.493 e. The predicted octanol–water partition coefficient (Wildman–Crippen LogP) is 4.81. The summed E-state index contributed by atoms with van der Waals surface area (Å²) in [6.45, 7) is 3.83. The minimum atomic E-state index is -1.18. The number of nitrogens with zero attached hydrogens (tertiary/aromatic N) is 2.